The fourth-order valence-corrected chi connectivity index (χ4v) is 2.76. The zero-order valence-electron chi connectivity index (χ0n) is 12.8. The van der Waals surface area contributed by atoms with Crippen LogP contribution in [-0.2, 0) is 4.74 Å². The SMILES string of the molecule is c1ccc2nc(-c3ccc(OC4CCCCO4)cc3)cnc2c1. The molecule has 1 aromatic heterocycles. The van der Waals surface area contributed by atoms with Gasteiger partial charge in [0.1, 0.15) is 5.75 Å². The maximum Gasteiger partial charge on any atom is 0.199 e. The number of benzene rings is 2. The van der Waals surface area contributed by atoms with Gasteiger partial charge >= 0.3 is 0 Å². The van der Waals surface area contributed by atoms with E-state index in [1.165, 1.54) is 0 Å². The van der Waals surface area contributed by atoms with Crippen molar-refractivity contribution >= 4 is 11.0 Å². The van der Waals surface area contributed by atoms with Gasteiger partial charge < -0.3 is 9.47 Å². The number of para-hydroxylation sites is 2. The number of ether oxygens (including phenoxy) is 2. The van der Waals surface area contributed by atoms with E-state index < -0.39 is 0 Å². The molecule has 0 amide bonds. The molecule has 1 fully saturated rings. The molecule has 1 aliphatic heterocycles. The smallest absolute Gasteiger partial charge is 0.199 e. The molecule has 23 heavy (non-hydrogen) atoms. The normalized spacial score (nSPS) is 18.0. The minimum Gasteiger partial charge on any atom is -0.465 e. The predicted molar refractivity (Wildman–Crippen MR) is 89.2 cm³/mol. The van der Waals surface area contributed by atoms with Crippen molar-refractivity contribution in [3.05, 3.63) is 54.7 Å². The van der Waals surface area contributed by atoms with Gasteiger partial charge in [0.15, 0.2) is 6.29 Å². The maximum absolute atomic E-state index is 5.86. The number of hydrogen-bond acceptors (Lipinski definition) is 4. The highest BCUT2D eigenvalue weighted by atomic mass is 16.7. The first-order chi connectivity index (χ1) is 11.4. The van der Waals surface area contributed by atoms with E-state index in [1.807, 2.05) is 54.7 Å². The lowest BCUT2D eigenvalue weighted by Gasteiger charge is -2.23. The van der Waals surface area contributed by atoms with Crippen molar-refractivity contribution in [2.24, 2.45) is 0 Å². The van der Waals surface area contributed by atoms with Gasteiger partial charge in [-0.3, -0.25) is 4.98 Å². The molecule has 0 saturated carbocycles. The largest absolute Gasteiger partial charge is 0.465 e. The summed E-state index contributed by atoms with van der Waals surface area (Å²) in [5.74, 6) is 0.828. The molecule has 0 N–H and O–H groups in total. The average molecular weight is 306 g/mol. The zero-order chi connectivity index (χ0) is 15.5. The molecule has 0 spiro atoms. The Kier molecular flexibility index (Phi) is 3.90. The van der Waals surface area contributed by atoms with Gasteiger partial charge in [-0.05, 0) is 49.2 Å². The quantitative estimate of drug-likeness (QED) is 0.727. The lowest BCUT2D eigenvalue weighted by molar-refractivity contribution is -0.105. The Morgan fingerprint density at radius 1 is 0.957 bits per heavy atom. The molecular weight excluding hydrogens is 288 g/mol. The summed E-state index contributed by atoms with van der Waals surface area (Å²) in [5, 5.41) is 0. The Bertz CT molecular complexity index is 796. The van der Waals surface area contributed by atoms with Gasteiger partial charge in [-0.15, -0.1) is 0 Å². The highest BCUT2D eigenvalue weighted by Gasteiger charge is 2.15. The van der Waals surface area contributed by atoms with Crippen LogP contribution >= 0.6 is 0 Å². The van der Waals surface area contributed by atoms with Crippen molar-refractivity contribution in [3.8, 4) is 17.0 Å². The summed E-state index contributed by atoms with van der Waals surface area (Å²) in [7, 11) is 0. The molecule has 1 atom stereocenters. The van der Waals surface area contributed by atoms with Crippen molar-refractivity contribution in [1.82, 2.24) is 9.97 Å². The molecule has 0 bridgehead atoms. The standard InChI is InChI=1S/C19H18N2O2/c1-2-6-17-16(5-1)20-13-18(21-17)14-8-10-15(11-9-14)23-19-7-3-4-12-22-19/h1-2,5-6,8-11,13,19H,3-4,7,12H2. The number of rotatable bonds is 3. The minimum atomic E-state index is -0.116. The van der Waals surface area contributed by atoms with Crippen LogP contribution < -0.4 is 4.74 Å². The first-order valence-electron chi connectivity index (χ1n) is 7.99. The van der Waals surface area contributed by atoms with Crippen molar-refractivity contribution in [2.45, 2.75) is 25.6 Å². The van der Waals surface area contributed by atoms with Gasteiger partial charge in [-0.1, -0.05) is 12.1 Å². The molecule has 4 heteroatoms. The third kappa shape index (κ3) is 3.17. The first kappa shape index (κ1) is 14.2. The summed E-state index contributed by atoms with van der Waals surface area (Å²) in [4.78, 5) is 9.12. The van der Waals surface area contributed by atoms with Crippen molar-refractivity contribution in [1.29, 1.82) is 0 Å². The molecular formula is C19H18N2O2. The Morgan fingerprint density at radius 3 is 2.57 bits per heavy atom. The van der Waals surface area contributed by atoms with E-state index >= 15 is 0 Å². The second kappa shape index (κ2) is 6.34. The van der Waals surface area contributed by atoms with E-state index in [1.54, 1.807) is 0 Å². The number of nitrogens with zero attached hydrogens (tertiary/aromatic N) is 2. The summed E-state index contributed by atoms with van der Waals surface area (Å²) in [6, 6.07) is 15.8. The van der Waals surface area contributed by atoms with Gasteiger partial charge in [0.05, 0.1) is 29.5 Å². The third-order valence-electron chi connectivity index (χ3n) is 4.00. The van der Waals surface area contributed by atoms with E-state index in [-0.39, 0.29) is 6.29 Å². The molecule has 3 aromatic rings. The summed E-state index contributed by atoms with van der Waals surface area (Å²) >= 11 is 0. The summed E-state index contributed by atoms with van der Waals surface area (Å²) < 4.78 is 11.5. The van der Waals surface area contributed by atoms with Crippen molar-refractivity contribution in [2.75, 3.05) is 6.61 Å². The van der Waals surface area contributed by atoms with E-state index in [0.717, 1.165) is 53.9 Å². The molecule has 1 saturated heterocycles. The molecule has 1 aliphatic rings. The molecule has 0 radical (unpaired) electrons. The van der Waals surface area contributed by atoms with Crippen LogP contribution in [0.15, 0.2) is 54.7 Å². The highest BCUT2D eigenvalue weighted by molar-refractivity contribution is 5.76. The predicted octanol–water partition coefficient (Wildman–Crippen LogP) is 4.20. The molecule has 2 aromatic carbocycles. The van der Waals surface area contributed by atoms with Crippen LogP contribution in [0.2, 0.25) is 0 Å². The summed E-state index contributed by atoms with van der Waals surface area (Å²) in [6.45, 7) is 0.787. The van der Waals surface area contributed by atoms with Gasteiger partial charge in [0, 0.05) is 12.0 Å². The van der Waals surface area contributed by atoms with Crippen LogP contribution in [0, 0.1) is 0 Å². The Morgan fingerprint density at radius 2 is 1.78 bits per heavy atom. The Balaban J connectivity index is 1.54. The van der Waals surface area contributed by atoms with E-state index in [2.05, 4.69) is 9.97 Å². The summed E-state index contributed by atoms with van der Waals surface area (Å²) in [5.41, 5.74) is 3.70. The highest BCUT2D eigenvalue weighted by Crippen LogP contribution is 2.24. The van der Waals surface area contributed by atoms with Crippen LogP contribution in [0.5, 0.6) is 5.75 Å². The number of fused-ring (bicyclic) bond motifs is 1. The maximum atomic E-state index is 5.86. The molecule has 0 aliphatic carbocycles. The van der Waals surface area contributed by atoms with Crippen molar-refractivity contribution < 1.29 is 9.47 Å². The van der Waals surface area contributed by atoms with Gasteiger partial charge in [0.25, 0.3) is 0 Å². The van der Waals surface area contributed by atoms with Gasteiger partial charge in [0.2, 0.25) is 0 Å². The monoisotopic (exact) mass is 306 g/mol. The second-order valence-corrected chi connectivity index (χ2v) is 5.68. The number of aromatic nitrogens is 2. The Labute approximate surface area is 135 Å². The topological polar surface area (TPSA) is 44.2 Å². The fourth-order valence-electron chi connectivity index (χ4n) is 2.76. The van der Waals surface area contributed by atoms with Gasteiger partial charge in [-0.2, -0.15) is 0 Å². The minimum absolute atomic E-state index is 0.116. The van der Waals surface area contributed by atoms with E-state index in [4.69, 9.17) is 9.47 Å². The molecule has 1 unspecified atom stereocenters. The lowest BCUT2D eigenvalue weighted by atomic mass is 10.1. The third-order valence-corrected chi connectivity index (χ3v) is 4.00. The first-order valence-corrected chi connectivity index (χ1v) is 7.99. The second-order valence-electron chi connectivity index (χ2n) is 5.68. The molecule has 116 valence electrons. The molecule has 4 nitrogen and oxygen atoms in total. The van der Waals surface area contributed by atoms with E-state index in [0.29, 0.717) is 0 Å². The van der Waals surface area contributed by atoms with Crippen LogP contribution in [0.1, 0.15) is 19.3 Å². The fraction of sp³-hybridized carbons (Fsp3) is 0.263. The Hall–Kier alpha value is -2.46. The molecule has 4 rings (SSSR count). The van der Waals surface area contributed by atoms with Gasteiger partial charge in [-0.25, -0.2) is 4.98 Å². The zero-order valence-corrected chi connectivity index (χ0v) is 12.8. The number of hydrogen-bond donors (Lipinski definition) is 0. The van der Waals surface area contributed by atoms with E-state index in [9.17, 15) is 0 Å². The lowest BCUT2D eigenvalue weighted by Crippen LogP contribution is -2.24. The van der Waals surface area contributed by atoms with Crippen LogP contribution in [0.25, 0.3) is 22.3 Å². The average Bonchev–Trinajstić information content (AvgIpc) is 2.63. The van der Waals surface area contributed by atoms with Crippen LogP contribution in [0.3, 0.4) is 0 Å². The summed E-state index contributed by atoms with van der Waals surface area (Å²) in [6.07, 6.45) is 4.94. The van der Waals surface area contributed by atoms with Crippen LogP contribution in [-0.4, -0.2) is 22.9 Å². The van der Waals surface area contributed by atoms with Crippen molar-refractivity contribution in [3.63, 3.8) is 0 Å². The molecule has 2 heterocycles. The van der Waals surface area contributed by atoms with Crippen LogP contribution in [0.4, 0.5) is 0 Å².